The van der Waals surface area contributed by atoms with E-state index in [2.05, 4.69) is 44.9 Å². The van der Waals surface area contributed by atoms with Crippen LogP contribution in [0.4, 0.5) is 11.5 Å². The predicted molar refractivity (Wildman–Crippen MR) is 80.2 cm³/mol. The van der Waals surface area contributed by atoms with Gasteiger partial charge >= 0.3 is 0 Å². The molecule has 2 aromatic rings. The molecule has 0 atom stereocenters. The van der Waals surface area contributed by atoms with Crippen LogP contribution in [-0.2, 0) is 0 Å². The molecule has 0 saturated heterocycles. The summed E-state index contributed by atoms with van der Waals surface area (Å²) >= 11 is 3.46. The Bertz CT molecular complexity index is 600. The molecule has 0 unspecified atom stereocenters. The van der Waals surface area contributed by atoms with Gasteiger partial charge in [-0.3, -0.25) is 0 Å². The number of ether oxygens (including phenoxy) is 1. The fraction of sp³-hybridized carbons (Fsp3) is 0.267. The molecule has 0 N–H and O–H groups in total. The zero-order valence-corrected chi connectivity index (χ0v) is 12.4. The Kier molecular flexibility index (Phi) is 3.42. The van der Waals surface area contributed by atoms with E-state index in [1.807, 2.05) is 24.4 Å². The lowest BCUT2D eigenvalue weighted by Gasteiger charge is -2.24. The summed E-state index contributed by atoms with van der Waals surface area (Å²) in [6, 6.07) is 10.2. The Hall–Kier alpha value is -1.55. The van der Waals surface area contributed by atoms with Crippen LogP contribution in [0.3, 0.4) is 0 Å². The van der Waals surface area contributed by atoms with Crippen LogP contribution in [0, 0.1) is 6.92 Å². The number of halogens is 1. The van der Waals surface area contributed by atoms with Gasteiger partial charge < -0.3 is 9.64 Å². The number of fused-ring (bicyclic) bond motifs is 1. The van der Waals surface area contributed by atoms with Crippen molar-refractivity contribution in [3.63, 3.8) is 0 Å². The largest absolute Gasteiger partial charge is 0.491 e. The molecule has 1 aliphatic heterocycles. The minimum Gasteiger partial charge on any atom is -0.491 e. The summed E-state index contributed by atoms with van der Waals surface area (Å²) in [5.41, 5.74) is 2.25. The van der Waals surface area contributed by atoms with E-state index < -0.39 is 0 Å². The molecule has 1 aromatic carbocycles. The van der Waals surface area contributed by atoms with E-state index >= 15 is 0 Å². The van der Waals surface area contributed by atoms with E-state index in [0.717, 1.165) is 46.9 Å². The van der Waals surface area contributed by atoms with Gasteiger partial charge in [0.2, 0.25) is 0 Å². The number of para-hydroxylation sites is 2. The van der Waals surface area contributed by atoms with Crippen LogP contribution in [0.15, 0.2) is 41.0 Å². The molecule has 0 radical (unpaired) electrons. The number of rotatable bonds is 1. The molecule has 0 aliphatic carbocycles. The average Bonchev–Trinajstić information content (AvgIpc) is 2.61. The summed E-state index contributed by atoms with van der Waals surface area (Å²) in [5.74, 6) is 1.94. The van der Waals surface area contributed by atoms with Crippen molar-refractivity contribution in [2.24, 2.45) is 0 Å². The lowest BCUT2D eigenvalue weighted by atomic mass is 10.2. The predicted octanol–water partition coefficient (Wildman–Crippen LogP) is 4.07. The summed E-state index contributed by atoms with van der Waals surface area (Å²) < 4.78 is 6.79. The molecule has 1 aliphatic rings. The van der Waals surface area contributed by atoms with Crippen molar-refractivity contribution < 1.29 is 4.74 Å². The Balaban J connectivity index is 2.09. The molecule has 0 bridgehead atoms. The van der Waals surface area contributed by atoms with Crippen molar-refractivity contribution in [1.82, 2.24) is 4.98 Å². The molecule has 19 heavy (non-hydrogen) atoms. The van der Waals surface area contributed by atoms with E-state index in [1.54, 1.807) is 0 Å². The summed E-state index contributed by atoms with van der Waals surface area (Å²) in [6.45, 7) is 3.76. The Labute approximate surface area is 121 Å². The van der Waals surface area contributed by atoms with Crippen molar-refractivity contribution in [2.75, 3.05) is 18.1 Å². The van der Waals surface area contributed by atoms with E-state index in [4.69, 9.17) is 4.74 Å². The molecule has 0 amide bonds. The highest BCUT2D eigenvalue weighted by Crippen LogP contribution is 2.36. The first-order chi connectivity index (χ1) is 9.25. The number of pyridine rings is 1. The van der Waals surface area contributed by atoms with Crippen molar-refractivity contribution in [1.29, 1.82) is 0 Å². The third-order valence-electron chi connectivity index (χ3n) is 3.21. The topological polar surface area (TPSA) is 25.4 Å². The summed E-state index contributed by atoms with van der Waals surface area (Å²) in [4.78, 5) is 6.81. The van der Waals surface area contributed by atoms with Gasteiger partial charge in [0.1, 0.15) is 11.6 Å². The normalized spacial score (nSPS) is 14.5. The number of nitrogens with zero attached hydrogens (tertiary/aromatic N) is 2. The first kappa shape index (κ1) is 12.5. The van der Waals surface area contributed by atoms with Crippen LogP contribution in [0.2, 0.25) is 0 Å². The van der Waals surface area contributed by atoms with E-state index in [-0.39, 0.29) is 0 Å². The van der Waals surface area contributed by atoms with Crippen LogP contribution in [0.5, 0.6) is 5.75 Å². The maximum absolute atomic E-state index is 5.79. The molecule has 1 aromatic heterocycles. The second-order valence-electron chi connectivity index (χ2n) is 4.62. The highest BCUT2D eigenvalue weighted by molar-refractivity contribution is 9.10. The first-order valence-corrected chi connectivity index (χ1v) is 7.16. The maximum atomic E-state index is 5.79. The molecule has 98 valence electrons. The van der Waals surface area contributed by atoms with Crippen molar-refractivity contribution in [2.45, 2.75) is 13.3 Å². The average molecular weight is 319 g/mol. The maximum Gasteiger partial charge on any atom is 0.142 e. The smallest absolute Gasteiger partial charge is 0.142 e. The van der Waals surface area contributed by atoms with Crippen LogP contribution < -0.4 is 9.64 Å². The van der Waals surface area contributed by atoms with E-state index in [1.165, 1.54) is 0 Å². The molecule has 3 nitrogen and oxygen atoms in total. The third-order valence-corrected chi connectivity index (χ3v) is 3.65. The van der Waals surface area contributed by atoms with Gasteiger partial charge in [-0.2, -0.15) is 0 Å². The van der Waals surface area contributed by atoms with Crippen molar-refractivity contribution in [3.05, 3.63) is 46.6 Å². The van der Waals surface area contributed by atoms with E-state index in [0.29, 0.717) is 0 Å². The number of hydrogen-bond donors (Lipinski definition) is 0. The molecular weight excluding hydrogens is 304 g/mol. The minimum atomic E-state index is 0.753. The molecule has 0 spiro atoms. The van der Waals surface area contributed by atoms with Gasteiger partial charge in [0.25, 0.3) is 0 Å². The van der Waals surface area contributed by atoms with Gasteiger partial charge in [0.15, 0.2) is 0 Å². The first-order valence-electron chi connectivity index (χ1n) is 6.37. The fourth-order valence-electron chi connectivity index (χ4n) is 2.36. The summed E-state index contributed by atoms with van der Waals surface area (Å²) in [6.07, 6.45) is 2.84. The molecule has 3 rings (SSSR count). The zero-order chi connectivity index (χ0) is 13.2. The van der Waals surface area contributed by atoms with Gasteiger partial charge in [0.05, 0.1) is 12.3 Å². The van der Waals surface area contributed by atoms with Crippen molar-refractivity contribution in [3.8, 4) is 5.75 Å². The van der Waals surface area contributed by atoms with Crippen LogP contribution in [-0.4, -0.2) is 18.1 Å². The number of aryl methyl sites for hydroxylation is 1. The molecule has 0 saturated carbocycles. The van der Waals surface area contributed by atoms with E-state index in [9.17, 15) is 0 Å². The van der Waals surface area contributed by atoms with Crippen LogP contribution in [0.1, 0.15) is 12.0 Å². The Morgan fingerprint density at radius 1 is 1.32 bits per heavy atom. The second kappa shape index (κ2) is 5.21. The monoisotopic (exact) mass is 318 g/mol. The Morgan fingerprint density at radius 3 is 3.00 bits per heavy atom. The zero-order valence-electron chi connectivity index (χ0n) is 10.8. The Morgan fingerprint density at radius 2 is 2.16 bits per heavy atom. The number of hydrogen-bond acceptors (Lipinski definition) is 3. The highest BCUT2D eigenvalue weighted by atomic mass is 79.9. The lowest BCUT2D eigenvalue weighted by Crippen LogP contribution is -2.19. The SMILES string of the molecule is Cc1cc(Br)cnc1N1CCCOc2ccccc21. The number of anilines is 2. The quantitative estimate of drug-likeness (QED) is 0.792. The highest BCUT2D eigenvalue weighted by Gasteiger charge is 2.19. The fourth-order valence-corrected chi connectivity index (χ4v) is 2.81. The summed E-state index contributed by atoms with van der Waals surface area (Å²) in [5, 5.41) is 0. The van der Waals surface area contributed by atoms with Gasteiger partial charge in [0, 0.05) is 17.2 Å². The third kappa shape index (κ3) is 2.45. The molecule has 4 heteroatoms. The minimum absolute atomic E-state index is 0.753. The standard InChI is InChI=1S/C15H15BrN2O/c1-11-9-12(16)10-17-15(11)18-7-4-8-19-14-6-3-2-5-13(14)18/h2-3,5-6,9-10H,4,7-8H2,1H3. The van der Waals surface area contributed by atoms with Crippen LogP contribution >= 0.6 is 15.9 Å². The summed E-state index contributed by atoms with van der Waals surface area (Å²) in [7, 11) is 0. The van der Waals surface area contributed by atoms with Gasteiger partial charge in [-0.25, -0.2) is 4.98 Å². The number of aromatic nitrogens is 1. The van der Waals surface area contributed by atoms with Gasteiger partial charge in [-0.1, -0.05) is 12.1 Å². The van der Waals surface area contributed by atoms with Crippen LogP contribution in [0.25, 0.3) is 0 Å². The number of benzene rings is 1. The molecule has 0 fully saturated rings. The molecular formula is C15H15BrN2O. The second-order valence-corrected chi connectivity index (χ2v) is 5.53. The van der Waals surface area contributed by atoms with Gasteiger partial charge in [-0.15, -0.1) is 0 Å². The molecule has 2 heterocycles. The lowest BCUT2D eigenvalue weighted by molar-refractivity contribution is 0.322. The van der Waals surface area contributed by atoms with Gasteiger partial charge in [-0.05, 0) is 53.0 Å². The van der Waals surface area contributed by atoms with Crippen molar-refractivity contribution >= 4 is 27.4 Å².